The number of carboxylic acid groups (broad SMARTS) is 1. The third kappa shape index (κ3) is 14.0. The zero-order valence-electron chi connectivity index (χ0n) is 48.5. The largest absolute Gasteiger partial charge is 0.476 e. The molecule has 2 amide bonds. The van der Waals surface area contributed by atoms with Crippen LogP contribution in [0.15, 0.2) is 186 Å². The van der Waals surface area contributed by atoms with Gasteiger partial charge in [-0.2, -0.15) is 20.4 Å². The summed E-state index contributed by atoms with van der Waals surface area (Å²) in [4.78, 5) is 65.2. The standard InChI is InChI=1S/C32H34N6O3.C22H23N3O4.C14H11N3O/c39-20-6-5-17-37-18-15-22(16-19-37)21-38-28-10-4-3-9-27(28)30(36-38)32(41)33-24-13-11-23(12-14-24)29-25-7-1-2-8-26(25)31(40)35-34-29;26-21(27)20-18-8-4-5-9-19(18)25(23-20)14-16-10-12-24(13-11-16)22(28)29-15-17-6-2-1-3-7-17;15-10-7-5-9(6-8-10)13-11-3-1-2-4-12(11)14(18)17-16-13/h1-4,7-14,22,39H,5-6,15-21H2,(H,33,41)(H,35,40);1-9,16H,10-15H2,(H,26,27);1-8H,15H2,(H,17,18). The molecule has 11 aromatic rings. The number of nitrogens with zero attached hydrogens (tertiary/aromatic N) is 8. The van der Waals surface area contributed by atoms with Gasteiger partial charge in [0.1, 0.15) is 6.61 Å². The Morgan fingerprint density at radius 3 is 1.56 bits per heavy atom. The molecule has 2 fully saturated rings. The highest BCUT2D eigenvalue weighted by Gasteiger charge is 2.27. The lowest BCUT2D eigenvalue weighted by molar-refractivity contribution is 0.0688. The fourth-order valence-corrected chi connectivity index (χ4v) is 11.5. The molecular weight excluding hydrogens is 1110 g/mol. The van der Waals surface area contributed by atoms with Gasteiger partial charge >= 0.3 is 12.1 Å². The minimum Gasteiger partial charge on any atom is -0.476 e. The second-order valence-corrected chi connectivity index (χ2v) is 22.1. The lowest BCUT2D eigenvalue weighted by Crippen LogP contribution is -2.39. The molecule has 7 N–H and O–H groups in total. The van der Waals surface area contributed by atoms with Crippen molar-refractivity contribution in [1.82, 2.24) is 49.8 Å². The number of likely N-dealkylation sites (tertiary alicyclic amines) is 2. The Kier molecular flexibility index (Phi) is 18.8. The average Bonchev–Trinajstić information content (AvgIpc) is 2.00. The van der Waals surface area contributed by atoms with Crippen molar-refractivity contribution < 1.29 is 29.3 Å². The van der Waals surface area contributed by atoms with Gasteiger partial charge in [-0.1, -0.05) is 127 Å². The van der Waals surface area contributed by atoms with Crippen LogP contribution in [-0.4, -0.2) is 117 Å². The predicted molar refractivity (Wildman–Crippen MR) is 341 cm³/mol. The van der Waals surface area contributed by atoms with E-state index in [2.05, 4.69) is 35.7 Å². The number of fused-ring (bicyclic) bond motifs is 4. The number of carbonyl (C=O) groups is 3. The number of H-pyrrole nitrogens is 2. The second kappa shape index (κ2) is 27.8. The van der Waals surface area contributed by atoms with Gasteiger partial charge < -0.3 is 35.8 Å². The third-order valence-corrected chi connectivity index (χ3v) is 16.3. The molecule has 0 saturated carbocycles. The zero-order valence-corrected chi connectivity index (χ0v) is 48.5. The third-order valence-electron chi connectivity index (χ3n) is 16.3. The molecule has 20 nitrogen and oxygen atoms in total. The highest BCUT2D eigenvalue weighted by atomic mass is 16.6. The van der Waals surface area contributed by atoms with Crippen molar-refractivity contribution in [3.05, 3.63) is 214 Å². The van der Waals surface area contributed by atoms with Gasteiger partial charge in [-0.25, -0.2) is 19.8 Å². The maximum absolute atomic E-state index is 13.4. The molecular formula is C68H68N12O8. The quantitative estimate of drug-likeness (QED) is 0.0412. The number of aliphatic hydroxyl groups excluding tert-OH is 1. The number of aliphatic hydroxyl groups is 1. The highest BCUT2D eigenvalue weighted by molar-refractivity contribution is 6.11. The van der Waals surface area contributed by atoms with Gasteiger partial charge in [0.05, 0.1) is 33.2 Å². The molecule has 0 spiro atoms. The number of anilines is 2. The van der Waals surface area contributed by atoms with Crippen LogP contribution in [0, 0.1) is 11.8 Å². The molecule has 448 valence electrons. The van der Waals surface area contributed by atoms with E-state index in [4.69, 9.17) is 20.7 Å². The minimum atomic E-state index is -1.02. The molecule has 0 radical (unpaired) electrons. The normalized spacial score (nSPS) is 13.9. The van der Waals surface area contributed by atoms with Gasteiger partial charge in [0.15, 0.2) is 11.4 Å². The van der Waals surface area contributed by atoms with Crippen molar-refractivity contribution in [2.45, 2.75) is 58.2 Å². The Hall–Kier alpha value is -10.3. The van der Waals surface area contributed by atoms with Crippen LogP contribution in [0.4, 0.5) is 16.2 Å². The molecule has 0 bridgehead atoms. The number of unbranched alkanes of at least 4 members (excludes halogenated alkanes) is 1. The van der Waals surface area contributed by atoms with Crippen molar-refractivity contribution >= 4 is 72.7 Å². The van der Waals surface area contributed by atoms with Crippen molar-refractivity contribution in [2.75, 3.05) is 50.4 Å². The van der Waals surface area contributed by atoms with Gasteiger partial charge in [-0.15, -0.1) is 0 Å². The number of nitrogens with one attached hydrogen (secondary N) is 3. The van der Waals surface area contributed by atoms with E-state index in [-0.39, 0.29) is 42.0 Å². The number of ether oxygens (including phenoxy) is 1. The van der Waals surface area contributed by atoms with Crippen LogP contribution in [0.1, 0.15) is 65.1 Å². The summed E-state index contributed by atoms with van der Waals surface area (Å²) in [5.41, 5.74) is 13.1. The number of aromatic nitrogens is 8. The van der Waals surface area contributed by atoms with Crippen LogP contribution >= 0.6 is 0 Å². The number of hydrogen-bond donors (Lipinski definition) is 6. The fourth-order valence-electron chi connectivity index (χ4n) is 11.5. The van der Waals surface area contributed by atoms with Crippen LogP contribution in [0.3, 0.4) is 0 Å². The summed E-state index contributed by atoms with van der Waals surface area (Å²) < 4.78 is 9.19. The summed E-state index contributed by atoms with van der Waals surface area (Å²) in [6, 6.07) is 54.6. The monoisotopic (exact) mass is 1180 g/mol. The smallest absolute Gasteiger partial charge is 0.410 e. The number of hydrogen-bond acceptors (Lipinski definition) is 13. The average molecular weight is 1180 g/mol. The highest BCUT2D eigenvalue weighted by Crippen LogP contribution is 2.30. The first-order valence-corrected chi connectivity index (χ1v) is 29.6. The molecule has 2 aliphatic rings. The summed E-state index contributed by atoms with van der Waals surface area (Å²) in [6.07, 6.45) is 5.46. The lowest BCUT2D eigenvalue weighted by atomic mass is 9.96. The molecule has 0 unspecified atom stereocenters. The van der Waals surface area contributed by atoms with Crippen molar-refractivity contribution in [1.29, 1.82) is 0 Å². The van der Waals surface area contributed by atoms with Crippen LogP contribution in [0.25, 0.3) is 65.9 Å². The van der Waals surface area contributed by atoms with E-state index in [9.17, 15) is 29.1 Å². The van der Waals surface area contributed by atoms with Gasteiger partial charge in [0, 0.05) is 76.8 Å². The summed E-state index contributed by atoms with van der Waals surface area (Å²) in [6.45, 7) is 6.38. The second-order valence-electron chi connectivity index (χ2n) is 22.1. The molecule has 2 saturated heterocycles. The molecule has 20 heteroatoms. The van der Waals surface area contributed by atoms with Crippen molar-refractivity contribution in [3.8, 4) is 22.5 Å². The van der Waals surface area contributed by atoms with Crippen LogP contribution in [-0.2, 0) is 24.4 Å². The van der Waals surface area contributed by atoms with E-state index in [1.807, 2.05) is 162 Å². The summed E-state index contributed by atoms with van der Waals surface area (Å²) in [5.74, 6) is -0.429. The summed E-state index contributed by atoms with van der Waals surface area (Å²) >= 11 is 0. The maximum atomic E-state index is 13.4. The number of nitrogens with two attached hydrogens (primary N) is 1. The van der Waals surface area contributed by atoms with Crippen molar-refractivity contribution in [3.63, 3.8) is 0 Å². The number of aromatic amines is 2. The predicted octanol–water partition coefficient (Wildman–Crippen LogP) is 10.6. The summed E-state index contributed by atoms with van der Waals surface area (Å²) in [5, 5.41) is 48.4. The van der Waals surface area contributed by atoms with Gasteiger partial charge in [-0.05, 0) is 124 Å². The molecule has 7 aromatic carbocycles. The zero-order chi connectivity index (χ0) is 60.9. The first kappa shape index (κ1) is 59.4. The first-order chi connectivity index (χ1) is 43.0. The molecule has 6 heterocycles. The number of aromatic carboxylic acids is 1. The molecule has 13 rings (SSSR count). The topological polar surface area (TPSA) is 273 Å². The van der Waals surface area contributed by atoms with E-state index >= 15 is 0 Å². The molecule has 0 atom stereocenters. The van der Waals surface area contributed by atoms with E-state index in [0.717, 1.165) is 114 Å². The van der Waals surface area contributed by atoms with Crippen molar-refractivity contribution in [2.24, 2.45) is 11.8 Å². The SMILES string of the molecule is Nc1ccc(-c2n[nH]c(=O)c3ccccc23)cc1.O=C(Nc1ccc(-c2n[nH]c(=O)c3ccccc23)cc1)c1nn(CC2CCN(CCCCO)CC2)c2ccccc12.O=C(O)c1nn(CC2CCN(C(=O)OCc3ccccc3)CC2)c2ccccc12. The van der Waals surface area contributed by atoms with Crippen LogP contribution in [0.5, 0.6) is 0 Å². The number of amides is 2. The number of para-hydroxylation sites is 2. The number of carbonyl (C=O) groups excluding carboxylic acids is 2. The molecule has 2 aliphatic heterocycles. The Labute approximate surface area is 506 Å². The van der Waals surface area contributed by atoms with Crippen LogP contribution < -0.4 is 22.2 Å². The number of piperidine rings is 2. The van der Waals surface area contributed by atoms with E-state index in [1.165, 1.54) is 0 Å². The lowest BCUT2D eigenvalue weighted by Gasteiger charge is -2.32. The Bertz CT molecular complexity index is 4340. The van der Waals surface area contributed by atoms with E-state index in [0.29, 0.717) is 70.4 Å². The van der Waals surface area contributed by atoms with Crippen LogP contribution in [0.2, 0.25) is 0 Å². The Morgan fingerprint density at radius 1 is 0.557 bits per heavy atom. The summed E-state index contributed by atoms with van der Waals surface area (Å²) in [7, 11) is 0. The number of benzene rings is 7. The van der Waals surface area contributed by atoms with Gasteiger partial charge in [-0.3, -0.25) is 23.7 Å². The Morgan fingerprint density at radius 2 is 1.02 bits per heavy atom. The fraction of sp³-hybridized carbons (Fsp3) is 0.250. The van der Waals surface area contributed by atoms with Gasteiger partial charge in [0.25, 0.3) is 17.0 Å². The number of rotatable bonds is 15. The van der Waals surface area contributed by atoms with E-state index < -0.39 is 5.97 Å². The first-order valence-electron chi connectivity index (χ1n) is 29.6. The molecule has 88 heavy (non-hydrogen) atoms. The van der Waals surface area contributed by atoms with E-state index in [1.54, 1.807) is 27.8 Å². The number of nitrogen functional groups attached to an aromatic ring is 1. The van der Waals surface area contributed by atoms with Gasteiger partial charge in [0.2, 0.25) is 0 Å². The molecule has 0 aliphatic carbocycles. The number of carboxylic acids is 1. The molecule has 4 aromatic heterocycles. The maximum Gasteiger partial charge on any atom is 0.410 e. The Balaban J connectivity index is 0.000000148. The minimum absolute atomic E-state index is 0.0857.